The molecule has 98 valence electrons. The summed E-state index contributed by atoms with van der Waals surface area (Å²) < 4.78 is 23.4. The summed E-state index contributed by atoms with van der Waals surface area (Å²) >= 11 is 0. The van der Waals surface area contributed by atoms with Crippen LogP contribution in [0.2, 0.25) is 0 Å². The number of ether oxygens (including phenoxy) is 2. The first kappa shape index (κ1) is 11.6. The van der Waals surface area contributed by atoms with E-state index < -0.39 is 0 Å². The molecule has 0 saturated heterocycles. The lowest BCUT2D eigenvalue weighted by Crippen LogP contribution is -2.00. The first-order chi connectivity index (χ1) is 9.22. The van der Waals surface area contributed by atoms with Gasteiger partial charge in [-0.1, -0.05) is 6.07 Å². The van der Waals surface area contributed by atoms with Crippen molar-refractivity contribution < 1.29 is 19.0 Å². The molecule has 4 nitrogen and oxygen atoms in total. The van der Waals surface area contributed by atoms with Gasteiger partial charge in [0.2, 0.25) is 6.79 Å². The van der Waals surface area contributed by atoms with Crippen LogP contribution < -0.4 is 14.8 Å². The molecule has 1 heterocycles. The van der Waals surface area contributed by atoms with Gasteiger partial charge < -0.3 is 19.9 Å². The van der Waals surface area contributed by atoms with Gasteiger partial charge in [-0.25, -0.2) is 4.39 Å². The van der Waals surface area contributed by atoms with E-state index in [9.17, 15) is 9.50 Å². The van der Waals surface area contributed by atoms with E-state index in [2.05, 4.69) is 5.32 Å². The van der Waals surface area contributed by atoms with Crippen molar-refractivity contribution in [2.24, 2.45) is 0 Å². The number of aromatic hydroxyl groups is 1. The number of anilines is 1. The third-order valence-electron chi connectivity index (χ3n) is 2.88. The van der Waals surface area contributed by atoms with E-state index in [1.54, 1.807) is 18.2 Å². The normalized spacial score (nSPS) is 12.5. The molecule has 0 aliphatic carbocycles. The maximum Gasteiger partial charge on any atom is 0.231 e. The highest BCUT2D eigenvalue weighted by Gasteiger charge is 2.16. The van der Waals surface area contributed by atoms with E-state index in [0.29, 0.717) is 29.3 Å². The zero-order chi connectivity index (χ0) is 13.2. The predicted molar refractivity (Wildman–Crippen MR) is 68.0 cm³/mol. The lowest BCUT2D eigenvalue weighted by molar-refractivity contribution is 0.174. The Hall–Kier alpha value is -2.43. The molecule has 0 radical (unpaired) electrons. The highest BCUT2D eigenvalue weighted by atomic mass is 19.1. The van der Waals surface area contributed by atoms with Crippen molar-refractivity contribution in [1.29, 1.82) is 0 Å². The van der Waals surface area contributed by atoms with Crippen LogP contribution in [0, 0.1) is 5.82 Å². The molecular formula is C14H12FNO3. The topological polar surface area (TPSA) is 50.7 Å². The molecule has 0 fully saturated rings. The summed E-state index contributed by atoms with van der Waals surface area (Å²) in [4.78, 5) is 0. The fraction of sp³-hybridized carbons (Fsp3) is 0.143. The van der Waals surface area contributed by atoms with Crippen LogP contribution in [-0.4, -0.2) is 11.9 Å². The summed E-state index contributed by atoms with van der Waals surface area (Å²) in [5.41, 5.74) is 1.31. The van der Waals surface area contributed by atoms with Crippen molar-refractivity contribution in [2.75, 3.05) is 12.1 Å². The second kappa shape index (κ2) is 4.68. The zero-order valence-corrected chi connectivity index (χ0v) is 10.0. The van der Waals surface area contributed by atoms with Gasteiger partial charge >= 0.3 is 0 Å². The summed E-state index contributed by atoms with van der Waals surface area (Å²) in [5, 5.41) is 12.9. The van der Waals surface area contributed by atoms with Crippen LogP contribution in [0.5, 0.6) is 17.2 Å². The molecule has 5 heteroatoms. The fourth-order valence-electron chi connectivity index (χ4n) is 1.91. The van der Waals surface area contributed by atoms with Crippen molar-refractivity contribution in [1.82, 2.24) is 0 Å². The van der Waals surface area contributed by atoms with E-state index in [1.165, 1.54) is 18.2 Å². The Morgan fingerprint density at radius 1 is 1.16 bits per heavy atom. The van der Waals surface area contributed by atoms with Gasteiger partial charge in [0.1, 0.15) is 11.6 Å². The van der Waals surface area contributed by atoms with Crippen LogP contribution in [0.3, 0.4) is 0 Å². The van der Waals surface area contributed by atoms with Gasteiger partial charge in [0, 0.05) is 23.9 Å². The minimum Gasteiger partial charge on any atom is -0.507 e. The first-order valence-corrected chi connectivity index (χ1v) is 5.83. The summed E-state index contributed by atoms with van der Waals surface area (Å²) in [6.07, 6.45) is 0. The molecule has 0 spiro atoms. The van der Waals surface area contributed by atoms with Crippen LogP contribution in [-0.2, 0) is 6.54 Å². The Morgan fingerprint density at radius 3 is 2.74 bits per heavy atom. The highest BCUT2D eigenvalue weighted by Crippen LogP contribution is 2.37. The van der Waals surface area contributed by atoms with Crippen molar-refractivity contribution in [3.8, 4) is 17.2 Å². The SMILES string of the molecule is Oc1cc2c(cc1CNc1cccc(F)c1)OCO2. The zero-order valence-electron chi connectivity index (χ0n) is 10.0. The van der Waals surface area contributed by atoms with E-state index in [4.69, 9.17) is 9.47 Å². The van der Waals surface area contributed by atoms with Crippen molar-refractivity contribution in [2.45, 2.75) is 6.54 Å². The molecule has 0 bridgehead atoms. The minimum absolute atomic E-state index is 0.119. The number of fused-ring (bicyclic) bond motifs is 1. The molecule has 2 aromatic rings. The standard InChI is InChI=1S/C14H12FNO3/c15-10-2-1-3-11(5-10)16-7-9-4-13-14(6-12(9)17)19-8-18-13/h1-6,16-17H,7-8H2. The monoisotopic (exact) mass is 261 g/mol. The fourth-order valence-corrected chi connectivity index (χ4v) is 1.91. The Balaban J connectivity index is 1.77. The van der Waals surface area contributed by atoms with Crippen molar-refractivity contribution >= 4 is 5.69 Å². The van der Waals surface area contributed by atoms with E-state index >= 15 is 0 Å². The summed E-state index contributed by atoms with van der Waals surface area (Å²) in [7, 11) is 0. The maximum atomic E-state index is 13.0. The van der Waals surface area contributed by atoms with Crippen LogP contribution in [0.1, 0.15) is 5.56 Å². The Kier molecular flexibility index (Phi) is 2.87. The molecule has 0 amide bonds. The largest absolute Gasteiger partial charge is 0.507 e. The van der Waals surface area contributed by atoms with Crippen molar-refractivity contribution in [3.05, 3.63) is 47.8 Å². The number of phenols is 1. The van der Waals surface area contributed by atoms with Crippen molar-refractivity contribution in [3.63, 3.8) is 0 Å². The van der Waals surface area contributed by atoms with E-state index in [1.807, 2.05) is 0 Å². The third-order valence-corrected chi connectivity index (χ3v) is 2.88. The van der Waals surface area contributed by atoms with Gasteiger partial charge in [0.15, 0.2) is 11.5 Å². The molecule has 0 atom stereocenters. The molecule has 2 N–H and O–H groups in total. The molecule has 0 unspecified atom stereocenters. The molecular weight excluding hydrogens is 249 g/mol. The number of rotatable bonds is 3. The second-order valence-electron chi connectivity index (χ2n) is 4.20. The highest BCUT2D eigenvalue weighted by molar-refractivity contribution is 5.53. The summed E-state index contributed by atoms with van der Waals surface area (Å²) in [6.45, 7) is 0.529. The summed E-state index contributed by atoms with van der Waals surface area (Å²) in [6, 6.07) is 9.38. The van der Waals surface area contributed by atoms with Crippen LogP contribution in [0.15, 0.2) is 36.4 Å². The Morgan fingerprint density at radius 2 is 1.95 bits per heavy atom. The number of benzene rings is 2. The average molecular weight is 261 g/mol. The lowest BCUT2D eigenvalue weighted by atomic mass is 10.1. The number of nitrogens with one attached hydrogen (secondary N) is 1. The Bertz CT molecular complexity index is 616. The first-order valence-electron chi connectivity index (χ1n) is 5.83. The van der Waals surface area contributed by atoms with Crippen LogP contribution in [0.4, 0.5) is 10.1 Å². The molecule has 1 aliphatic heterocycles. The van der Waals surface area contributed by atoms with E-state index in [0.717, 1.165) is 0 Å². The molecule has 19 heavy (non-hydrogen) atoms. The quantitative estimate of drug-likeness (QED) is 0.892. The Labute approximate surface area is 109 Å². The van der Waals surface area contributed by atoms with Gasteiger partial charge in [0.05, 0.1) is 0 Å². The van der Waals surface area contributed by atoms with Crippen LogP contribution in [0.25, 0.3) is 0 Å². The molecule has 1 aliphatic rings. The second-order valence-corrected chi connectivity index (χ2v) is 4.20. The predicted octanol–water partition coefficient (Wildman–Crippen LogP) is 2.87. The molecule has 0 saturated carbocycles. The van der Waals surface area contributed by atoms with Gasteiger partial charge in [0.25, 0.3) is 0 Å². The average Bonchev–Trinajstić information content (AvgIpc) is 2.83. The maximum absolute atomic E-state index is 13.0. The number of phenolic OH excluding ortho intramolecular Hbond substituents is 1. The number of halogens is 1. The molecule has 0 aromatic heterocycles. The number of hydrogen-bond acceptors (Lipinski definition) is 4. The molecule has 2 aromatic carbocycles. The van der Waals surface area contributed by atoms with Gasteiger partial charge in [-0.15, -0.1) is 0 Å². The van der Waals surface area contributed by atoms with Crippen LogP contribution >= 0.6 is 0 Å². The smallest absolute Gasteiger partial charge is 0.231 e. The minimum atomic E-state index is -0.306. The lowest BCUT2D eigenvalue weighted by Gasteiger charge is -2.09. The van der Waals surface area contributed by atoms with Gasteiger partial charge in [-0.2, -0.15) is 0 Å². The molecule has 3 rings (SSSR count). The number of hydrogen-bond donors (Lipinski definition) is 2. The van der Waals surface area contributed by atoms with Gasteiger partial charge in [-0.3, -0.25) is 0 Å². The summed E-state index contributed by atoms with van der Waals surface area (Å²) in [5.74, 6) is 0.953. The third kappa shape index (κ3) is 2.40. The van der Waals surface area contributed by atoms with Gasteiger partial charge in [-0.05, 0) is 24.3 Å². The van der Waals surface area contributed by atoms with E-state index in [-0.39, 0.29) is 18.4 Å².